The van der Waals surface area contributed by atoms with Crippen LogP contribution in [0.25, 0.3) is 0 Å². The van der Waals surface area contributed by atoms with E-state index in [9.17, 15) is 14.7 Å². The number of benzene rings is 2. The van der Waals surface area contributed by atoms with Crippen LogP contribution in [0, 0.1) is 0 Å². The van der Waals surface area contributed by atoms with Crippen LogP contribution in [0.4, 0.5) is 5.69 Å². The Morgan fingerprint density at radius 2 is 1.75 bits per heavy atom. The van der Waals surface area contributed by atoms with Gasteiger partial charge in [-0.05, 0) is 36.5 Å². The molecule has 7 heteroatoms. The quantitative estimate of drug-likeness (QED) is 0.575. The first-order valence-corrected chi connectivity index (χ1v) is 9.06. The van der Waals surface area contributed by atoms with Gasteiger partial charge in [0, 0.05) is 19.2 Å². The molecule has 2 amide bonds. The second kappa shape index (κ2) is 10.9. The third kappa shape index (κ3) is 5.99. The molecule has 0 aliphatic heterocycles. The van der Waals surface area contributed by atoms with E-state index in [0.29, 0.717) is 36.6 Å². The van der Waals surface area contributed by atoms with Crippen molar-refractivity contribution in [3.63, 3.8) is 0 Å². The molecule has 1 atom stereocenters. The number of anilines is 1. The first kappa shape index (κ1) is 21.2. The summed E-state index contributed by atoms with van der Waals surface area (Å²) in [7, 11) is 3.00. The number of ether oxygens (including phenoxy) is 2. The number of aliphatic hydroxyl groups is 1. The van der Waals surface area contributed by atoms with Crippen LogP contribution in [0.3, 0.4) is 0 Å². The lowest BCUT2D eigenvalue weighted by Crippen LogP contribution is -2.36. The minimum atomic E-state index is -0.776. The van der Waals surface area contributed by atoms with Gasteiger partial charge in [-0.1, -0.05) is 30.3 Å². The minimum Gasteiger partial charge on any atom is -0.497 e. The van der Waals surface area contributed by atoms with Gasteiger partial charge in [-0.15, -0.1) is 0 Å². The zero-order valence-corrected chi connectivity index (χ0v) is 16.1. The number of aliphatic hydroxyl groups excluding tert-OH is 1. The molecule has 0 saturated carbocycles. The highest BCUT2D eigenvalue weighted by Crippen LogP contribution is 2.29. The predicted molar refractivity (Wildman–Crippen MR) is 107 cm³/mol. The summed E-state index contributed by atoms with van der Waals surface area (Å²) >= 11 is 0. The second-order valence-electron chi connectivity index (χ2n) is 6.18. The molecule has 28 heavy (non-hydrogen) atoms. The number of hydrogen-bond acceptors (Lipinski definition) is 5. The molecule has 2 aromatic rings. The molecule has 0 radical (unpaired) electrons. The van der Waals surface area contributed by atoms with Gasteiger partial charge < -0.3 is 25.2 Å². The van der Waals surface area contributed by atoms with Crippen LogP contribution < -0.4 is 20.1 Å². The summed E-state index contributed by atoms with van der Waals surface area (Å²) < 4.78 is 10.3. The molecule has 0 aliphatic rings. The monoisotopic (exact) mass is 386 g/mol. The highest BCUT2D eigenvalue weighted by Gasteiger charge is 2.17. The largest absolute Gasteiger partial charge is 0.497 e. The van der Waals surface area contributed by atoms with E-state index in [2.05, 4.69) is 10.6 Å². The summed E-state index contributed by atoms with van der Waals surface area (Å²) in [5.74, 6) is -0.422. The number of nitrogens with one attached hydrogen (secondary N) is 2. The number of amides is 2. The molecule has 0 heterocycles. The smallest absolute Gasteiger partial charge is 0.313 e. The Morgan fingerprint density at radius 1 is 1.00 bits per heavy atom. The average molecular weight is 386 g/mol. The van der Waals surface area contributed by atoms with Gasteiger partial charge in [0.25, 0.3) is 0 Å². The van der Waals surface area contributed by atoms with Crippen molar-refractivity contribution in [3.05, 3.63) is 54.1 Å². The van der Waals surface area contributed by atoms with Gasteiger partial charge in [0.05, 0.1) is 19.9 Å². The topological polar surface area (TPSA) is 96.9 Å². The van der Waals surface area contributed by atoms with Crippen molar-refractivity contribution in [1.82, 2.24) is 5.32 Å². The standard InChI is InChI=1S/C21H26N2O5/c1-27-17-8-9-18(19(14-17)28-2)23-21(26)20(25)22-12-10-16(11-13-24)15-6-4-3-5-7-15/h3-9,14,16,24H,10-13H2,1-2H3,(H,22,25)(H,23,26). The van der Waals surface area contributed by atoms with E-state index >= 15 is 0 Å². The normalized spacial score (nSPS) is 11.4. The molecule has 0 aliphatic carbocycles. The van der Waals surface area contributed by atoms with Crippen LogP contribution in [0.1, 0.15) is 24.3 Å². The Kier molecular flexibility index (Phi) is 8.30. The Labute approximate surface area is 164 Å². The van der Waals surface area contributed by atoms with Crippen molar-refractivity contribution in [2.45, 2.75) is 18.8 Å². The van der Waals surface area contributed by atoms with E-state index in [-0.39, 0.29) is 12.5 Å². The Morgan fingerprint density at radius 3 is 2.39 bits per heavy atom. The molecule has 2 aromatic carbocycles. The van der Waals surface area contributed by atoms with Crippen LogP contribution in [-0.2, 0) is 9.59 Å². The second-order valence-corrected chi connectivity index (χ2v) is 6.18. The fourth-order valence-electron chi connectivity index (χ4n) is 2.88. The maximum absolute atomic E-state index is 12.2. The van der Waals surface area contributed by atoms with E-state index < -0.39 is 11.8 Å². The fourth-order valence-corrected chi connectivity index (χ4v) is 2.88. The van der Waals surface area contributed by atoms with Gasteiger partial charge in [-0.25, -0.2) is 0 Å². The lowest BCUT2D eigenvalue weighted by atomic mass is 9.93. The van der Waals surface area contributed by atoms with Gasteiger partial charge in [0.2, 0.25) is 0 Å². The summed E-state index contributed by atoms with van der Waals surface area (Å²) in [6.45, 7) is 0.386. The SMILES string of the molecule is COc1ccc(NC(=O)C(=O)NCCC(CCO)c2ccccc2)c(OC)c1. The van der Waals surface area contributed by atoms with Gasteiger partial charge in [0.15, 0.2) is 0 Å². The zero-order chi connectivity index (χ0) is 20.4. The van der Waals surface area contributed by atoms with Crippen LogP contribution in [-0.4, -0.2) is 44.3 Å². The summed E-state index contributed by atoms with van der Waals surface area (Å²) in [5.41, 5.74) is 1.48. The molecule has 3 N–H and O–H groups in total. The van der Waals surface area contributed by atoms with Crippen molar-refractivity contribution < 1.29 is 24.2 Å². The highest BCUT2D eigenvalue weighted by atomic mass is 16.5. The van der Waals surface area contributed by atoms with E-state index in [1.54, 1.807) is 18.2 Å². The summed E-state index contributed by atoms with van der Waals surface area (Å²) in [5, 5.41) is 14.4. The Bertz CT molecular complexity index is 780. The molecule has 150 valence electrons. The fraction of sp³-hybridized carbons (Fsp3) is 0.333. The molecule has 0 saturated heterocycles. The van der Waals surface area contributed by atoms with E-state index in [4.69, 9.17) is 9.47 Å². The highest BCUT2D eigenvalue weighted by molar-refractivity contribution is 6.39. The third-order valence-electron chi connectivity index (χ3n) is 4.39. The van der Waals surface area contributed by atoms with Gasteiger partial charge in [-0.3, -0.25) is 9.59 Å². The maximum Gasteiger partial charge on any atom is 0.313 e. The number of rotatable bonds is 9. The molecule has 1 unspecified atom stereocenters. The number of methoxy groups -OCH3 is 2. The van der Waals surface area contributed by atoms with E-state index in [0.717, 1.165) is 5.56 Å². The van der Waals surface area contributed by atoms with Crippen molar-refractivity contribution in [2.75, 3.05) is 32.7 Å². The maximum atomic E-state index is 12.2. The van der Waals surface area contributed by atoms with Crippen LogP contribution in [0.2, 0.25) is 0 Å². The van der Waals surface area contributed by atoms with Crippen molar-refractivity contribution in [3.8, 4) is 11.5 Å². The van der Waals surface area contributed by atoms with Crippen molar-refractivity contribution >= 4 is 17.5 Å². The number of carbonyl (C=O) groups excluding carboxylic acids is 2. The van der Waals surface area contributed by atoms with Crippen LogP contribution in [0.5, 0.6) is 11.5 Å². The summed E-state index contributed by atoms with van der Waals surface area (Å²) in [6, 6.07) is 14.7. The molecule has 0 fully saturated rings. The van der Waals surface area contributed by atoms with Crippen molar-refractivity contribution in [2.24, 2.45) is 0 Å². The molecule has 0 spiro atoms. The Hall–Kier alpha value is -3.06. The number of hydrogen-bond donors (Lipinski definition) is 3. The molecular formula is C21H26N2O5. The molecular weight excluding hydrogens is 360 g/mol. The van der Waals surface area contributed by atoms with Crippen LogP contribution >= 0.6 is 0 Å². The van der Waals surface area contributed by atoms with E-state index in [1.807, 2.05) is 30.3 Å². The lowest BCUT2D eigenvalue weighted by Gasteiger charge is -2.16. The average Bonchev–Trinajstić information content (AvgIpc) is 2.73. The van der Waals surface area contributed by atoms with Gasteiger partial charge >= 0.3 is 11.8 Å². The minimum absolute atomic E-state index is 0.0608. The van der Waals surface area contributed by atoms with Crippen LogP contribution in [0.15, 0.2) is 48.5 Å². The predicted octanol–water partition coefficient (Wildman–Crippen LogP) is 2.31. The molecule has 0 bridgehead atoms. The lowest BCUT2D eigenvalue weighted by molar-refractivity contribution is -0.136. The van der Waals surface area contributed by atoms with E-state index in [1.165, 1.54) is 14.2 Å². The molecule has 0 aromatic heterocycles. The Balaban J connectivity index is 1.89. The first-order valence-electron chi connectivity index (χ1n) is 9.06. The molecule has 2 rings (SSSR count). The summed E-state index contributed by atoms with van der Waals surface area (Å²) in [4.78, 5) is 24.3. The van der Waals surface area contributed by atoms with Crippen molar-refractivity contribution in [1.29, 1.82) is 0 Å². The third-order valence-corrected chi connectivity index (χ3v) is 4.39. The molecule has 7 nitrogen and oxygen atoms in total. The number of carbonyl (C=O) groups is 2. The zero-order valence-electron chi connectivity index (χ0n) is 16.1. The van der Waals surface area contributed by atoms with Gasteiger partial charge in [0.1, 0.15) is 11.5 Å². The van der Waals surface area contributed by atoms with Gasteiger partial charge in [-0.2, -0.15) is 0 Å². The first-order chi connectivity index (χ1) is 13.6. The summed E-state index contributed by atoms with van der Waals surface area (Å²) in [6.07, 6.45) is 1.21.